The molecule has 0 radical (unpaired) electrons. The van der Waals surface area contributed by atoms with Gasteiger partial charge < -0.3 is 30.3 Å². The van der Waals surface area contributed by atoms with Crippen LogP contribution in [0.4, 0.5) is 0 Å². The van der Waals surface area contributed by atoms with Gasteiger partial charge in [-0.05, 0) is 12.8 Å². The van der Waals surface area contributed by atoms with Crippen molar-refractivity contribution in [2.24, 2.45) is 0 Å². The molecule has 15 heteroatoms. The van der Waals surface area contributed by atoms with E-state index in [2.05, 4.69) is 10.6 Å². The van der Waals surface area contributed by atoms with Crippen LogP contribution in [0.25, 0.3) is 0 Å². The number of β-lactam (4-membered cyclic amide) rings is 1. The number of fused-ring (bicyclic) bond motifs is 1. The summed E-state index contributed by atoms with van der Waals surface area (Å²) in [4.78, 5) is 71.9. The van der Waals surface area contributed by atoms with Crippen molar-refractivity contribution in [3.8, 4) is 0 Å². The Kier molecular flexibility index (Phi) is 9.29. The highest BCUT2D eigenvalue weighted by Crippen LogP contribution is 2.46. The number of carbonyl (C=O) groups excluding carboxylic acids is 4. The van der Waals surface area contributed by atoms with E-state index in [1.54, 1.807) is 0 Å². The summed E-state index contributed by atoms with van der Waals surface area (Å²) in [6, 6.07) is -1.23. The average Bonchev–Trinajstić information content (AvgIpc) is 2.78. The number of rotatable bonds is 12. The molecule has 1 saturated heterocycles. The molecule has 0 spiro atoms. The molecule has 13 nitrogen and oxygen atoms in total. The highest BCUT2D eigenvalue weighted by Gasteiger charge is 2.66. The Bertz CT molecular complexity index is 926. The van der Waals surface area contributed by atoms with E-state index in [1.807, 2.05) is 0 Å². The molecule has 2 rings (SSSR count). The predicted octanol–water partition coefficient (Wildman–Crippen LogP) is -0.759. The lowest BCUT2D eigenvalue weighted by atomic mass is 9.97. The summed E-state index contributed by atoms with van der Waals surface area (Å²) in [5, 5.41) is 22.6. The molecule has 0 aromatic carbocycles. The number of amides is 3. The smallest absolute Gasteiger partial charge is 0.352 e. The lowest BCUT2D eigenvalue weighted by molar-refractivity contribution is -0.192. The summed E-state index contributed by atoms with van der Waals surface area (Å²) in [7, 11) is 1.19. The fraction of sp³-hybridized carbons (Fsp3) is 0.579. The number of hydrogen-bond donors (Lipinski definition) is 4. The molecule has 0 bridgehead atoms. The number of carboxylic acid groups (broad SMARTS) is 2. The molecule has 2 unspecified atom stereocenters. The first-order valence-electron chi connectivity index (χ1n) is 9.96. The Hall–Kier alpha value is -2.84. The molecular weight excluding hydrogens is 498 g/mol. The summed E-state index contributed by atoms with van der Waals surface area (Å²) >= 11 is 6.48. The Morgan fingerprint density at radius 2 is 1.94 bits per heavy atom. The van der Waals surface area contributed by atoms with E-state index in [0.717, 1.165) is 16.7 Å². The number of methoxy groups -OCH3 is 1. The molecule has 0 aromatic heterocycles. The number of halogens is 1. The van der Waals surface area contributed by atoms with Crippen molar-refractivity contribution >= 4 is 59.0 Å². The van der Waals surface area contributed by atoms with E-state index in [1.165, 1.54) is 14.0 Å². The second kappa shape index (κ2) is 11.5. The minimum absolute atomic E-state index is 0.0605. The minimum Gasteiger partial charge on any atom is -0.480 e. The van der Waals surface area contributed by atoms with Crippen LogP contribution in [0.1, 0.15) is 26.2 Å². The van der Waals surface area contributed by atoms with Crippen molar-refractivity contribution in [3.63, 3.8) is 0 Å². The third-order valence-corrected chi connectivity index (χ3v) is 6.68. The number of nitrogens with one attached hydrogen (secondary N) is 2. The summed E-state index contributed by atoms with van der Waals surface area (Å²) in [5.41, 5.74) is -1.92. The molecule has 0 aromatic rings. The van der Waals surface area contributed by atoms with Gasteiger partial charge in [-0.25, -0.2) is 9.59 Å². The Morgan fingerprint density at radius 1 is 1.26 bits per heavy atom. The second-order valence-corrected chi connectivity index (χ2v) is 8.68. The number of esters is 1. The number of carbonyl (C=O) groups is 6. The third kappa shape index (κ3) is 5.80. The predicted molar refractivity (Wildman–Crippen MR) is 116 cm³/mol. The molecule has 34 heavy (non-hydrogen) atoms. The number of carboxylic acids is 2. The molecule has 0 aliphatic carbocycles. The molecule has 188 valence electrons. The standard InChI is InChI=1S/C19H24ClN3O10S/c1-9(24)33-7-10-8-34-18-19(32-2,17(31)23(18)14(10)16(29)30)22-12(25)5-3-4-11(15(27)28)21-13(26)6-20/h11,18H,3-8H2,1-2H3,(H,21,26)(H,22,25)(H,27,28)(H,29,30)/t11?,18-,19?/m1/s1. The van der Waals surface area contributed by atoms with Crippen molar-refractivity contribution < 1.29 is 48.5 Å². The van der Waals surface area contributed by atoms with Crippen LogP contribution in [0.5, 0.6) is 0 Å². The first-order chi connectivity index (χ1) is 16.0. The number of thioether (sulfide) groups is 1. The van der Waals surface area contributed by atoms with Crippen LogP contribution in [0, 0.1) is 0 Å². The first kappa shape index (κ1) is 27.4. The van der Waals surface area contributed by atoms with Crippen molar-refractivity contribution in [3.05, 3.63) is 11.3 Å². The van der Waals surface area contributed by atoms with Gasteiger partial charge in [-0.2, -0.15) is 0 Å². The van der Waals surface area contributed by atoms with Crippen LogP contribution in [-0.2, 0) is 38.2 Å². The second-order valence-electron chi connectivity index (χ2n) is 7.35. The molecule has 1 fully saturated rings. The van der Waals surface area contributed by atoms with Crippen molar-refractivity contribution in [2.45, 2.75) is 43.3 Å². The van der Waals surface area contributed by atoms with Gasteiger partial charge >= 0.3 is 17.9 Å². The topological polar surface area (TPSA) is 189 Å². The normalized spacial score (nSPS) is 22.3. The molecule has 2 heterocycles. The zero-order chi connectivity index (χ0) is 25.6. The first-order valence-corrected chi connectivity index (χ1v) is 11.5. The van der Waals surface area contributed by atoms with Gasteiger partial charge in [-0.1, -0.05) is 0 Å². The summed E-state index contributed by atoms with van der Waals surface area (Å²) < 4.78 is 10.2. The fourth-order valence-corrected chi connectivity index (χ4v) is 4.97. The van der Waals surface area contributed by atoms with Gasteiger partial charge in [0.2, 0.25) is 11.8 Å². The van der Waals surface area contributed by atoms with Crippen LogP contribution in [0.15, 0.2) is 11.3 Å². The zero-order valence-corrected chi connectivity index (χ0v) is 19.9. The van der Waals surface area contributed by atoms with Gasteiger partial charge in [0.25, 0.3) is 11.6 Å². The van der Waals surface area contributed by atoms with Crippen LogP contribution < -0.4 is 10.6 Å². The largest absolute Gasteiger partial charge is 0.480 e. The lowest BCUT2D eigenvalue weighted by Crippen LogP contribution is -2.80. The van der Waals surface area contributed by atoms with E-state index in [0.29, 0.717) is 0 Å². The molecule has 2 aliphatic heterocycles. The Labute approximate surface area is 203 Å². The maximum absolute atomic E-state index is 12.9. The third-order valence-electron chi connectivity index (χ3n) is 5.06. The van der Waals surface area contributed by atoms with Crippen LogP contribution in [0.3, 0.4) is 0 Å². The van der Waals surface area contributed by atoms with Gasteiger partial charge in [0, 0.05) is 31.8 Å². The molecule has 4 N–H and O–H groups in total. The van der Waals surface area contributed by atoms with E-state index < -0.39 is 58.7 Å². The minimum atomic E-state index is -1.81. The molecular formula is C19H24ClN3O10S. The van der Waals surface area contributed by atoms with Crippen molar-refractivity contribution in [2.75, 3.05) is 25.3 Å². The van der Waals surface area contributed by atoms with E-state index in [4.69, 9.17) is 26.2 Å². The van der Waals surface area contributed by atoms with Gasteiger partial charge in [-0.15, -0.1) is 23.4 Å². The van der Waals surface area contributed by atoms with E-state index in [9.17, 15) is 33.9 Å². The number of alkyl halides is 1. The number of ether oxygens (including phenoxy) is 2. The van der Waals surface area contributed by atoms with Crippen LogP contribution >= 0.6 is 23.4 Å². The molecule has 3 atom stereocenters. The number of hydrogen-bond acceptors (Lipinski definition) is 9. The molecule has 2 aliphatic rings. The maximum atomic E-state index is 12.9. The maximum Gasteiger partial charge on any atom is 0.352 e. The number of aliphatic carboxylic acids is 2. The van der Waals surface area contributed by atoms with Gasteiger partial charge in [0.1, 0.15) is 29.6 Å². The lowest BCUT2D eigenvalue weighted by Gasteiger charge is -2.55. The van der Waals surface area contributed by atoms with E-state index in [-0.39, 0.29) is 42.9 Å². The van der Waals surface area contributed by atoms with E-state index >= 15 is 0 Å². The Morgan fingerprint density at radius 3 is 2.47 bits per heavy atom. The summed E-state index contributed by atoms with van der Waals surface area (Å²) in [6.07, 6.45) is -0.182. The zero-order valence-electron chi connectivity index (χ0n) is 18.3. The van der Waals surface area contributed by atoms with Crippen molar-refractivity contribution in [1.29, 1.82) is 0 Å². The summed E-state index contributed by atoms with van der Waals surface area (Å²) in [5.74, 6) is -5.68. The monoisotopic (exact) mass is 521 g/mol. The summed E-state index contributed by atoms with van der Waals surface area (Å²) in [6.45, 7) is 0.877. The quantitative estimate of drug-likeness (QED) is 0.109. The Balaban J connectivity index is 2.06. The molecule has 3 amide bonds. The van der Waals surface area contributed by atoms with Gasteiger partial charge in [-0.3, -0.25) is 24.1 Å². The highest BCUT2D eigenvalue weighted by atomic mass is 35.5. The average molecular weight is 522 g/mol. The van der Waals surface area contributed by atoms with Crippen LogP contribution in [-0.4, -0.2) is 93.2 Å². The van der Waals surface area contributed by atoms with Crippen molar-refractivity contribution in [1.82, 2.24) is 15.5 Å². The highest BCUT2D eigenvalue weighted by molar-refractivity contribution is 8.00. The SMILES string of the molecule is COC1(NC(=O)CCCC(NC(=O)CCl)C(=O)O)C(=O)N2C(C(=O)O)=C(COC(C)=O)CS[C@@H]21. The fourth-order valence-electron chi connectivity index (χ4n) is 3.47. The molecule has 0 saturated carbocycles. The van der Waals surface area contributed by atoms with Gasteiger partial charge in [0.05, 0.1) is 0 Å². The number of nitrogens with zero attached hydrogens (tertiary/aromatic N) is 1. The van der Waals surface area contributed by atoms with Crippen LogP contribution in [0.2, 0.25) is 0 Å². The van der Waals surface area contributed by atoms with Gasteiger partial charge in [0.15, 0.2) is 0 Å².